The van der Waals surface area contributed by atoms with Gasteiger partial charge in [0, 0.05) is 17.2 Å². The summed E-state index contributed by atoms with van der Waals surface area (Å²) < 4.78 is 1.96. The van der Waals surface area contributed by atoms with Crippen LogP contribution in [0.2, 0.25) is 0 Å². The first kappa shape index (κ1) is 14.3. The van der Waals surface area contributed by atoms with Gasteiger partial charge in [-0.25, -0.2) is 4.98 Å². The molecule has 1 aliphatic carbocycles. The minimum absolute atomic E-state index is 0.256. The number of rotatable bonds is 4. The predicted octanol–water partition coefficient (Wildman–Crippen LogP) is 3.93. The van der Waals surface area contributed by atoms with Gasteiger partial charge in [-0.1, -0.05) is 19.3 Å². The second-order valence-corrected chi connectivity index (χ2v) is 6.87. The number of nitrogens with two attached hydrogens (primary N) is 1. The topological polar surface area (TPSA) is 50.9 Å². The Morgan fingerprint density at radius 3 is 2.61 bits per heavy atom. The molecule has 1 aliphatic rings. The van der Waals surface area contributed by atoms with E-state index in [1.807, 2.05) is 12.3 Å². The van der Waals surface area contributed by atoms with Crippen molar-refractivity contribution in [2.24, 2.45) is 11.1 Å². The Labute approximate surface area is 125 Å². The fourth-order valence-corrected chi connectivity index (χ4v) is 3.70. The molecule has 1 fully saturated rings. The zero-order valence-electron chi connectivity index (χ0n) is 10.4. The third-order valence-corrected chi connectivity index (χ3v) is 4.82. The van der Waals surface area contributed by atoms with Crippen LogP contribution in [0.3, 0.4) is 0 Å². The van der Waals surface area contributed by atoms with Crippen LogP contribution >= 0.6 is 31.9 Å². The van der Waals surface area contributed by atoms with E-state index in [1.54, 1.807) is 0 Å². The molecule has 0 aromatic carbocycles. The molecule has 1 heterocycles. The van der Waals surface area contributed by atoms with E-state index in [2.05, 4.69) is 42.2 Å². The van der Waals surface area contributed by atoms with Gasteiger partial charge >= 0.3 is 0 Å². The maximum Gasteiger partial charge on any atom is 0.140 e. The molecule has 0 radical (unpaired) electrons. The largest absolute Gasteiger partial charge is 0.369 e. The van der Waals surface area contributed by atoms with Gasteiger partial charge in [0.1, 0.15) is 5.82 Å². The molecule has 3 nitrogen and oxygen atoms in total. The smallest absolute Gasteiger partial charge is 0.140 e. The quantitative estimate of drug-likeness (QED) is 0.836. The van der Waals surface area contributed by atoms with Gasteiger partial charge in [-0.05, 0) is 62.7 Å². The van der Waals surface area contributed by atoms with Crippen molar-refractivity contribution in [2.45, 2.75) is 32.1 Å². The molecule has 18 heavy (non-hydrogen) atoms. The lowest BCUT2D eigenvalue weighted by Gasteiger charge is -2.36. The van der Waals surface area contributed by atoms with Crippen LogP contribution in [0.1, 0.15) is 32.1 Å². The molecule has 0 unspecified atom stereocenters. The molecular weight excluding hydrogens is 358 g/mol. The number of hydrogen-bond acceptors (Lipinski definition) is 3. The van der Waals surface area contributed by atoms with E-state index in [4.69, 9.17) is 5.73 Å². The number of anilines is 1. The summed E-state index contributed by atoms with van der Waals surface area (Å²) >= 11 is 6.93. The number of nitrogens with one attached hydrogen (secondary N) is 1. The summed E-state index contributed by atoms with van der Waals surface area (Å²) in [4.78, 5) is 4.38. The molecule has 0 saturated heterocycles. The summed E-state index contributed by atoms with van der Waals surface area (Å²) in [6, 6.07) is 2.01. The van der Waals surface area contributed by atoms with E-state index in [9.17, 15) is 0 Å². The van der Waals surface area contributed by atoms with E-state index in [1.165, 1.54) is 32.1 Å². The van der Waals surface area contributed by atoms with Gasteiger partial charge in [0.2, 0.25) is 0 Å². The Balaban J connectivity index is 2.01. The number of hydrogen-bond donors (Lipinski definition) is 2. The van der Waals surface area contributed by atoms with Crippen molar-refractivity contribution >= 4 is 37.7 Å². The van der Waals surface area contributed by atoms with Crippen LogP contribution in [0.25, 0.3) is 0 Å². The molecule has 2 rings (SSSR count). The standard InChI is InChI=1S/C13H19Br2N3/c14-10-6-11(15)12(17-7-10)18-9-13(8-16)4-2-1-3-5-13/h6-7H,1-5,8-9,16H2,(H,17,18). The van der Waals surface area contributed by atoms with Crippen molar-refractivity contribution in [3.05, 3.63) is 21.2 Å². The average Bonchev–Trinajstić information content (AvgIpc) is 2.39. The summed E-state index contributed by atoms with van der Waals surface area (Å²) in [5.41, 5.74) is 6.24. The highest BCUT2D eigenvalue weighted by atomic mass is 79.9. The van der Waals surface area contributed by atoms with Crippen molar-refractivity contribution in [2.75, 3.05) is 18.4 Å². The summed E-state index contributed by atoms with van der Waals surface area (Å²) in [6.45, 7) is 1.67. The summed E-state index contributed by atoms with van der Waals surface area (Å²) in [7, 11) is 0. The fourth-order valence-electron chi connectivity index (χ4n) is 2.57. The molecule has 0 aliphatic heterocycles. The summed E-state index contributed by atoms with van der Waals surface area (Å²) in [5, 5.41) is 3.44. The third-order valence-electron chi connectivity index (χ3n) is 3.79. The minimum atomic E-state index is 0.256. The van der Waals surface area contributed by atoms with Crippen LogP contribution in [-0.2, 0) is 0 Å². The van der Waals surface area contributed by atoms with Gasteiger partial charge in [-0.2, -0.15) is 0 Å². The van der Waals surface area contributed by atoms with Crippen molar-refractivity contribution < 1.29 is 0 Å². The summed E-state index contributed by atoms with van der Waals surface area (Å²) in [5.74, 6) is 0.900. The SMILES string of the molecule is NCC1(CNc2ncc(Br)cc2Br)CCCCC1. The Bertz CT molecular complexity index is 403. The average molecular weight is 377 g/mol. The fraction of sp³-hybridized carbons (Fsp3) is 0.615. The van der Waals surface area contributed by atoms with E-state index < -0.39 is 0 Å². The zero-order valence-corrected chi connectivity index (χ0v) is 13.6. The lowest BCUT2D eigenvalue weighted by atomic mass is 9.74. The lowest BCUT2D eigenvalue weighted by molar-refractivity contribution is 0.215. The van der Waals surface area contributed by atoms with Crippen LogP contribution in [0.5, 0.6) is 0 Å². The van der Waals surface area contributed by atoms with Crippen LogP contribution < -0.4 is 11.1 Å². The first-order valence-corrected chi connectivity index (χ1v) is 7.99. The summed E-state index contributed by atoms with van der Waals surface area (Å²) in [6.07, 6.45) is 8.21. The maximum atomic E-state index is 5.98. The highest BCUT2D eigenvalue weighted by Crippen LogP contribution is 2.36. The Morgan fingerprint density at radius 2 is 2.00 bits per heavy atom. The second-order valence-electron chi connectivity index (χ2n) is 5.10. The lowest BCUT2D eigenvalue weighted by Crippen LogP contribution is -2.39. The molecule has 1 saturated carbocycles. The van der Waals surface area contributed by atoms with E-state index in [0.29, 0.717) is 0 Å². The Morgan fingerprint density at radius 1 is 1.28 bits per heavy atom. The van der Waals surface area contributed by atoms with Gasteiger partial charge in [0.25, 0.3) is 0 Å². The molecule has 100 valence electrons. The molecule has 1 aromatic heterocycles. The molecule has 5 heteroatoms. The number of aromatic nitrogens is 1. The first-order chi connectivity index (χ1) is 8.65. The molecule has 0 amide bonds. The van der Waals surface area contributed by atoms with Crippen LogP contribution in [-0.4, -0.2) is 18.1 Å². The van der Waals surface area contributed by atoms with Gasteiger partial charge in [0.05, 0.1) is 4.47 Å². The highest BCUT2D eigenvalue weighted by Gasteiger charge is 2.30. The number of pyridine rings is 1. The molecule has 0 atom stereocenters. The van der Waals surface area contributed by atoms with E-state index >= 15 is 0 Å². The minimum Gasteiger partial charge on any atom is -0.369 e. The predicted molar refractivity (Wildman–Crippen MR) is 82.7 cm³/mol. The first-order valence-electron chi connectivity index (χ1n) is 6.40. The molecule has 0 bridgehead atoms. The van der Waals surface area contributed by atoms with E-state index in [-0.39, 0.29) is 5.41 Å². The number of nitrogens with zero attached hydrogens (tertiary/aromatic N) is 1. The van der Waals surface area contributed by atoms with E-state index in [0.717, 1.165) is 27.9 Å². The van der Waals surface area contributed by atoms with Crippen LogP contribution in [0.4, 0.5) is 5.82 Å². The molecular formula is C13H19Br2N3. The van der Waals surface area contributed by atoms with Crippen molar-refractivity contribution in [1.82, 2.24) is 4.98 Å². The highest BCUT2D eigenvalue weighted by molar-refractivity contribution is 9.11. The van der Waals surface area contributed by atoms with Gasteiger partial charge < -0.3 is 11.1 Å². The second kappa shape index (κ2) is 6.35. The molecule has 0 spiro atoms. The van der Waals surface area contributed by atoms with Crippen LogP contribution in [0.15, 0.2) is 21.2 Å². The van der Waals surface area contributed by atoms with Gasteiger partial charge in [-0.15, -0.1) is 0 Å². The van der Waals surface area contributed by atoms with Crippen molar-refractivity contribution in [3.63, 3.8) is 0 Å². The third kappa shape index (κ3) is 3.45. The van der Waals surface area contributed by atoms with Gasteiger partial charge in [-0.3, -0.25) is 0 Å². The molecule has 1 aromatic rings. The van der Waals surface area contributed by atoms with Crippen molar-refractivity contribution in [1.29, 1.82) is 0 Å². The maximum absolute atomic E-state index is 5.98. The number of halogens is 2. The Hall–Kier alpha value is -0.130. The molecule has 3 N–H and O–H groups in total. The zero-order chi connectivity index (χ0) is 13.0. The Kier molecular flexibility index (Phi) is 5.04. The van der Waals surface area contributed by atoms with Gasteiger partial charge in [0.15, 0.2) is 0 Å². The monoisotopic (exact) mass is 375 g/mol. The van der Waals surface area contributed by atoms with Crippen LogP contribution in [0, 0.1) is 5.41 Å². The normalized spacial score (nSPS) is 18.6. The van der Waals surface area contributed by atoms with Crippen molar-refractivity contribution in [3.8, 4) is 0 Å².